The van der Waals surface area contributed by atoms with Gasteiger partial charge in [-0.25, -0.2) is 0 Å². The molecular weight excluding hydrogens is 387 g/mol. The molecule has 0 saturated carbocycles. The van der Waals surface area contributed by atoms with Crippen LogP contribution in [-0.4, -0.2) is 18.3 Å². The first-order chi connectivity index (χ1) is 12.9. The molecule has 0 fully saturated rings. The molecular formula is C25H25GeN. The van der Waals surface area contributed by atoms with E-state index in [2.05, 4.69) is 102 Å². The van der Waals surface area contributed by atoms with Crippen LogP contribution in [0.5, 0.6) is 0 Å². The molecule has 0 radical (unpaired) electrons. The van der Waals surface area contributed by atoms with Crippen molar-refractivity contribution in [2.45, 2.75) is 24.2 Å². The second-order valence-corrected chi connectivity index (χ2v) is 18.9. The number of hydrogen-bond acceptors (Lipinski definition) is 1. The van der Waals surface area contributed by atoms with Crippen molar-refractivity contribution in [3.63, 3.8) is 0 Å². The van der Waals surface area contributed by atoms with Crippen LogP contribution in [0.2, 0.25) is 17.3 Å². The number of rotatable bonds is 3. The second-order valence-electron chi connectivity index (χ2n) is 8.27. The van der Waals surface area contributed by atoms with E-state index in [9.17, 15) is 0 Å². The van der Waals surface area contributed by atoms with E-state index in [1.165, 1.54) is 37.4 Å². The minimum atomic E-state index is -1.77. The summed E-state index contributed by atoms with van der Waals surface area (Å²) in [7, 11) is 0. The Morgan fingerprint density at radius 1 is 0.704 bits per heavy atom. The standard InChI is InChI=1S/C25H25GeN/c1-18-15-22(16-21-7-5-6-8-24(18)21)25-17-20(13-14-27-25)19-9-11-23(12-10-19)26(2,3)4/h5-17H,1-4H3. The zero-order chi connectivity index (χ0) is 19.0. The molecule has 0 aliphatic carbocycles. The van der Waals surface area contributed by atoms with Crippen molar-refractivity contribution in [3.8, 4) is 22.4 Å². The third kappa shape index (κ3) is 3.70. The van der Waals surface area contributed by atoms with Gasteiger partial charge in [0.2, 0.25) is 0 Å². The predicted octanol–water partition coefficient (Wildman–Crippen LogP) is 6.42. The molecule has 0 amide bonds. The van der Waals surface area contributed by atoms with E-state index in [0.717, 1.165) is 5.69 Å². The van der Waals surface area contributed by atoms with E-state index in [1.807, 2.05) is 6.20 Å². The number of aryl methyl sites for hydroxylation is 1. The summed E-state index contributed by atoms with van der Waals surface area (Å²) in [6.45, 7) is 2.17. The van der Waals surface area contributed by atoms with Crippen LogP contribution in [-0.2, 0) is 0 Å². The van der Waals surface area contributed by atoms with Crippen LogP contribution in [0.3, 0.4) is 0 Å². The third-order valence-corrected chi connectivity index (χ3v) is 9.54. The van der Waals surface area contributed by atoms with Crippen molar-refractivity contribution < 1.29 is 0 Å². The molecule has 4 rings (SSSR count). The van der Waals surface area contributed by atoms with Crippen molar-refractivity contribution in [2.75, 3.05) is 0 Å². The summed E-state index contributed by atoms with van der Waals surface area (Å²) in [6, 6.07) is 26.5. The van der Waals surface area contributed by atoms with Gasteiger partial charge in [-0.1, -0.05) is 6.07 Å². The average molecular weight is 412 g/mol. The third-order valence-electron chi connectivity index (χ3n) is 5.21. The maximum atomic E-state index is 4.65. The summed E-state index contributed by atoms with van der Waals surface area (Å²) in [5, 5.41) is 2.57. The fourth-order valence-electron chi connectivity index (χ4n) is 3.58. The van der Waals surface area contributed by atoms with Crippen LogP contribution in [0, 0.1) is 6.92 Å². The molecule has 4 aromatic rings. The Morgan fingerprint density at radius 2 is 1.44 bits per heavy atom. The molecule has 0 aliphatic heterocycles. The summed E-state index contributed by atoms with van der Waals surface area (Å²) in [5.74, 6) is 7.30. The number of hydrogen-bond donors (Lipinski definition) is 0. The zero-order valence-corrected chi connectivity index (χ0v) is 18.6. The van der Waals surface area contributed by atoms with Crippen molar-refractivity contribution >= 4 is 28.4 Å². The first kappa shape index (κ1) is 18.0. The van der Waals surface area contributed by atoms with Crippen LogP contribution in [0.25, 0.3) is 33.2 Å². The molecule has 1 aromatic heterocycles. The Kier molecular flexibility index (Phi) is 4.65. The Labute approximate surface area is 164 Å². The first-order valence-electron chi connectivity index (χ1n) is 9.48. The summed E-state index contributed by atoms with van der Waals surface area (Å²) < 4.78 is 1.54. The fraction of sp³-hybridized carbons (Fsp3) is 0.160. The first-order valence-corrected chi connectivity index (χ1v) is 16.8. The molecule has 0 aliphatic rings. The molecule has 0 saturated heterocycles. The number of nitrogens with zero attached hydrogens (tertiary/aromatic N) is 1. The Bertz CT molecular complexity index is 1110. The average Bonchev–Trinajstić information content (AvgIpc) is 2.67. The van der Waals surface area contributed by atoms with Gasteiger partial charge in [0, 0.05) is 0 Å². The van der Waals surface area contributed by atoms with Gasteiger partial charge in [0.15, 0.2) is 0 Å². The summed E-state index contributed by atoms with van der Waals surface area (Å²) in [6.07, 6.45) is 1.92. The van der Waals surface area contributed by atoms with E-state index in [4.69, 9.17) is 0 Å². The zero-order valence-electron chi connectivity index (χ0n) is 16.5. The quantitative estimate of drug-likeness (QED) is 0.354. The SMILES string of the molecule is Cc1cc(-c2cc(-c3cc[c]([Ge]([CH3])([CH3])[CH3])cc3)ccn2)cc2ccccc12. The number of fused-ring (bicyclic) bond motifs is 1. The van der Waals surface area contributed by atoms with E-state index in [1.54, 1.807) is 0 Å². The van der Waals surface area contributed by atoms with E-state index in [-0.39, 0.29) is 0 Å². The Morgan fingerprint density at radius 3 is 2.19 bits per heavy atom. The fourth-order valence-corrected chi connectivity index (χ4v) is 6.03. The van der Waals surface area contributed by atoms with Gasteiger partial charge in [-0.05, 0) is 0 Å². The van der Waals surface area contributed by atoms with Crippen molar-refractivity contribution in [1.82, 2.24) is 4.98 Å². The van der Waals surface area contributed by atoms with Crippen LogP contribution < -0.4 is 4.40 Å². The van der Waals surface area contributed by atoms with Crippen LogP contribution in [0.1, 0.15) is 5.56 Å². The van der Waals surface area contributed by atoms with E-state index < -0.39 is 13.3 Å². The molecule has 1 heterocycles. The normalized spacial score (nSPS) is 11.7. The summed E-state index contributed by atoms with van der Waals surface area (Å²) in [4.78, 5) is 4.65. The molecule has 0 bridgehead atoms. The van der Waals surface area contributed by atoms with Crippen molar-refractivity contribution in [2.24, 2.45) is 0 Å². The minimum absolute atomic E-state index is 1.03. The van der Waals surface area contributed by atoms with E-state index in [0.29, 0.717) is 0 Å². The van der Waals surface area contributed by atoms with Gasteiger partial charge < -0.3 is 0 Å². The van der Waals surface area contributed by atoms with Gasteiger partial charge >= 0.3 is 158 Å². The topological polar surface area (TPSA) is 12.9 Å². The van der Waals surface area contributed by atoms with Gasteiger partial charge in [0.25, 0.3) is 0 Å². The number of pyridine rings is 1. The monoisotopic (exact) mass is 413 g/mol. The predicted molar refractivity (Wildman–Crippen MR) is 120 cm³/mol. The van der Waals surface area contributed by atoms with Crippen molar-refractivity contribution in [3.05, 3.63) is 84.6 Å². The molecule has 0 spiro atoms. The van der Waals surface area contributed by atoms with Crippen LogP contribution in [0.4, 0.5) is 0 Å². The molecule has 0 unspecified atom stereocenters. The molecule has 27 heavy (non-hydrogen) atoms. The van der Waals surface area contributed by atoms with Crippen LogP contribution >= 0.6 is 0 Å². The van der Waals surface area contributed by atoms with Gasteiger partial charge in [0.1, 0.15) is 0 Å². The van der Waals surface area contributed by atoms with Gasteiger partial charge in [-0.15, -0.1) is 0 Å². The molecule has 3 aromatic carbocycles. The van der Waals surface area contributed by atoms with Gasteiger partial charge in [-0.2, -0.15) is 0 Å². The molecule has 2 heteroatoms. The Balaban J connectivity index is 1.75. The maximum absolute atomic E-state index is 4.65. The summed E-state index contributed by atoms with van der Waals surface area (Å²) in [5.41, 5.74) is 5.97. The Hall–Kier alpha value is -2.39. The molecule has 134 valence electrons. The van der Waals surface area contributed by atoms with Gasteiger partial charge in [-0.3, -0.25) is 0 Å². The second kappa shape index (κ2) is 6.97. The number of benzene rings is 3. The molecule has 1 nitrogen and oxygen atoms in total. The van der Waals surface area contributed by atoms with Gasteiger partial charge in [0.05, 0.1) is 0 Å². The molecule has 0 atom stereocenters. The van der Waals surface area contributed by atoms with E-state index >= 15 is 0 Å². The summed E-state index contributed by atoms with van der Waals surface area (Å²) >= 11 is -1.77. The van der Waals surface area contributed by atoms with Crippen molar-refractivity contribution in [1.29, 1.82) is 0 Å². The van der Waals surface area contributed by atoms with Crippen LogP contribution in [0.15, 0.2) is 79.0 Å². The number of aromatic nitrogens is 1. The molecule has 0 N–H and O–H groups in total.